The van der Waals surface area contributed by atoms with E-state index in [1.54, 1.807) is 0 Å². The third-order valence-electron chi connectivity index (χ3n) is 2.48. The predicted octanol–water partition coefficient (Wildman–Crippen LogP) is 3.10. The van der Waals surface area contributed by atoms with Gasteiger partial charge >= 0.3 is 6.09 Å². The molecule has 4 heteroatoms. The van der Waals surface area contributed by atoms with E-state index in [0.717, 1.165) is 11.3 Å². The highest BCUT2D eigenvalue weighted by Crippen LogP contribution is 2.17. The van der Waals surface area contributed by atoms with Crippen LogP contribution in [-0.4, -0.2) is 18.2 Å². The van der Waals surface area contributed by atoms with E-state index in [-0.39, 0.29) is 0 Å². The molecule has 0 bridgehead atoms. The molecule has 0 aromatic heterocycles. The summed E-state index contributed by atoms with van der Waals surface area (Å²) in [6.45, 7) is 8.17. The summed E-state index contributed by atoms with van der Waals surface area (Å²) in [6.07, 6.45) is -0.442. The number of anilines is 1. The molecule has 1 aromatic carbocycles. The Morgan fingerprint density at radius 1 is 1.33 bits per heavy atom. The van der Waals surface area contributed by atoms with Crippen molar-refractivity contribution in [3.63, 3.8) is 0 Å². The summed E-state index contributed by atoms with van der Waals surface area (Å²) in [5.41, 5.74) is 6.99. The maximum atomic E-state index is 11.5. The Bertz CT molecular complexity index is 393. The van der Waals surface area contributed by atoms with E-state index >= 15 is 0 Å². The smallest absolute Gasteiger partial charge is 0.412 e. The molecule has 0 saturated carbocycles. The maximum Gasteiger partial charge on any atom is 0.412 e. The summed E-state index contributed by atoms with van der Waals surface area (Å²) in [7, 11) is 0. The van der Waals surface area contributed by atoms with Crippen molar-refractivity contribution in [2.24, 2.45) is 5.73 Å². The van der Waals surface area contributed by atoms with Gasteiger partial charge in [0.1, 0.15) is 5.60 Å². The van der Waals surface area contributed by atoms with Crippen LogP contribution < -0.4 is 11.1 Å². The molecule has 0 radical (unpaired) electrons. The molecule has 100 valence electrons. The second kappa shape index (κ2) is 5.87. The molecule has 0 heterocycles. The number of nitrogens with one attached hydrogen (secondary N) is 1. The Balaban J connectivity index is 2.61. The van der Waals surface area contributed by atoms with Gasteiger partial charge in [-0.3, -0.25) is 5.32 Å². The maximum absolute atomic E-state index is 11.5. The molecule has 1 atom stereocenters. The minimum atomic E-state index is -0.488. The highest BCUT2D eigenvalue weighted by molar-refractivity contribution is 5.84. The molecular weight excluding hydrogens is 228 g/mol. The van der Waals surface area contributed by atoms with Crippen molar-refractivity contribution in [1.29, 1.82) is 0 Å². The first-order valence-electron chi connectivity index (χ1n) is 6.12. The first-order valence-corrected chi connectivity index (χ1v) is 6.12. The Morgan fingerprint density at radius 3 is 2.33 bits per heavy atom. The summed E-state index contributed by atoms with van der Waals surface area (Å²) >= 11 is 0. The van der Waals surface area contributed by atoms with Gasteiger partial charge in [-0.05, 0) is 50.9 Å². The number of ether oxygens (including phenoxy) is 1. The number of nitrogens with two attached hydrogens (primary N) is 1. The summed E-state index contributed by atoms with van der Waals surface area (Å²) in [6, 6.07) is 7.63. The van der Waals surface area contributed by atoms with Crippen LogP contribution >= 0.6 is 0 Å². The molecule has 0 fully saturated rings. The average Bonchev–Trinajstić information content (AvgIpc) is 2.26. The normalized spacial score (nSPS) is 12.9. The Hall–Kier alpha value is -1.55. The van der Waals surface area contributed by atoms with Gasteiger partial charge in [0.2, 0.25) is 0 Å². The van der Waals surface area contributed by atoms with Crippen LogP contribution in [0.1, 0.15) is 39.2 Å². The van der Waals surface area contributed by atoms with Gasteiger partial charge in [-0.2, -0.15) is 0 Å². The van der Waals surface area contributed by atoms with Gasteiger partial charge in [0, 0.05) is 5.69 Å². The lowest BCUT2D eigenvalue weighted by molar-refractivity contribution is 0.0636. The number of benzene rings is 1. The van der Waals surface area contributed by atoms with Crippen LogP contribution in [0.4, 0.5) is 10.5 Å². The number of carbonyl (C=O) groups excluding carboxylic acids is 1. The second-order valence-electron chi connectivity index (χ2n) is 5.39. The zero-order valence-corrected chi connectivity index (χ0v) is 11.5. The van der Waals surface area contributed by atoms with Crippen molar-refractivity contribution >= 4 is 11.8 Å². The molecule has 1 aromatic rings. The Kier molecular flexibility index (Phi) is 4.73. The quantitative estimate of drug-likeness (QED) is 0.866. The third kappa shape index (κ3) is 4.75. The first-order chi connectivity index (χ1) is 8.31. The van der Waals surface area contributed by atoms with Gasteiger partial charge in [-0.15, -0.1) is 0 Å². The molecule has 0 spiro atoms. The molecule has 4 nitrogen and oxygen atoms in total. The van der Waals surface area contributed by atoms with E-state index in [1.807, 2.05) is 45.0 Å². The van der Waals surface area contributed by atoms with Crippen LogP contribution in [0.5, 0.6) is 0 Å². The number of carbonyl (C=O) groups is 1. The lowest BCUT2D eigenvalue weighted by atomic mass is 10.0. The molecule has 0 aliphatic rings. The van der Waals surface area contributed by atoms with Gasteiger partial charge in [0.05, 0.1) is 0 Å². The van der Waals surface area contributed by atoms with Gasteiger partial charge in [0.15, 0.2) is 0 Å². The van der Waals surface area contributed by atoms with Gasteiger partial charge < -0.3 is 10.5 Å². The van der Waals surface area contributed by atoms with Crippen molar-refractivity contribution in [2.45, 2.75) is 39.2 Å². The largest absolute Gasteiger partial charge is 0.444 e. The molecule has 1 rings (SSSR count). The van der Waals surface area contributed by atoms with Crippen LogP contribution in [0.25, 0.3) is 0 Å². The summed E-state index contributed by atoms with van der Waals surface area (Å²) < 4.78 is 5.17. The molecule has 1 unspecified atom stereocenters. The Morgan fingerprint density at radius 2 is 1.89 bits per heavy atom. The first kappa shape index (κ1) is 14.5. The minimum absolute atomic E-state index is 0.320. The molecular formula is C14H22N2O2. The van der Waals surface area contributed by atoms with E-state index in [4.69, 9.17) is 10.5 Å². The number of rotatable bonds is 3. The molecule has 0 aliphatic heterocycles. The van der Waals surface area contributed by atoms with Crippen molar-refractivity contribution in [3.05, 3.63) is 29.8 Å². The number of hydrogen-bond acceptors (Lipinski definition) is 3. The highest BCUT2D eigenvalue weighted by Gasteiger charge is 2.16. The van der Waals surface area contributed by atoms with Gasteiger partial charge in [0.25, 0.3) is 0 Å². The molecule has 0 saturated heterocycles. The molecule has 3 N–H and O–H groups in total. The monoisotopic (exact) mass is 250 g/mol. The molecule has 18 heavy (non-hydrogen) atoms. The summed E-state index contributed by atoms with van der Waals surface area (Å²) in [4.78, 5) is 11.5. The second-order valence-corrected chi connectivity index (χ2v) is 5.39. The van der Waals surface area contributed by atoms with Gasteiger partial charge in [-0.25, -0.2) is 4.79 Å². The van der Waals surface area contributed by atoms with Crippen molar-refractivity contribution in [1.82, 2.24) is 0 Å². The van der Waals surface area contributed by atoms with Crippen molar-refractivity contribution in [2.75, 3.05) is 11.9 Å². The minimum Gasteiger partial charge on any atom is -0.444 e. The predicted molar refractivity (Wildman–Crippen MR) is 73.8 cm³/mol. The number of amides is 1. The SMILES string of the molecule is CC(CN)c1ccc(NC(=O)OC(C)(C)C)cc1. The fraction of sp³-hybridized carbons (Fsp3) is 0.500. The van der Waals surface area contributed by atoms with Crippen LogP contribution in [-0.2, 0) is 4.74 Å². The van der Waals surface area contributed by atoms with E-state index in [2.05, 4.69) is 12.2 Å². The van der Waals surface area contributed by atoms with E-state index in [1.165, 1.54) is 0 Å². The van der Waals surface area contributed by atoms with Crippen molar-refractivity contribution in [3.8, 4) is 0 Å². The lowest BCUT2D eigenvalue weighted by Gasteiger charge is -2.19. The van der Waals surface area contributed by atoms with E-state index in [9.17, 15) is 4.79 Å². The summed E-state index contributed by atoms with van der Waals surface area (Å²) in [5, 5.41) is 2.69. The summed E-state index contributed by atoms with van der Waals surface area (Å²) in [5.74, 6) is 0.320. The topological polar surface area (TPSA) is 64.3 Å². The van der Waals surface area contributed by atoms with E-state index in [0.29, 0.717) is 12.5 Å². The van der Waals surface area contributed by atoms with Crippen LogP contribution in [0.3, 0.4) is 0 Å². The number of hydrogen-bond donors (Lipinski definition) is 2. The van der Waals surface area contributed by atoms with Gasteiger partial charge in [-0.1, -0.05) is 19.1 Å². The third-order valence-corrected chi connectivity index (χ3v) is 2.48. The zero-order chi connectivity index (χ0) is 13.8. The van der Waals surface area contributed by atoms with Crippen LogP contribution in [0.15, 0.2) is 24.3 Å². The molecule has 0 aliphatic carbocycles. The van der Waals surface area contributed by atoms with E-state index < -0.39 is 11.7 Å². The lowest BCUT2D eigenvalue weighted by Crippen LogP contribution is -2.27. The average molecular weight is 250 g/mol. The zero-order valence-electron chi connectivity index (χ0n) is 11.5. The fourth-order valence-corrected chi connectivity index (χ4v) is 1.45. The highest BCUT2D eigenvalue weighted by atomic mass is 16.6. The standard InChI is InChI=1S/C14H22N2O2/c1-10(9-15)11-5-7-12(8-6-11)16-13(17)18-14(2,3)4/h5-8,10H,9,15H2,1-4H3,(H,16,17). The van der Waals surface area contributed by atoms with Crippen LogP contribution in [0.2, 0.25) is 0 Å². The van der Waals surface area contributed by atoms with Crippen molar-refractivity contribution < 1.29 is 9.53 Å². The fourth-order valence-electron chi connectivity index (χ4n) is 1.45. The van der Waals surface area contributed by atoms with Crippen LogP contribution in [0, 0.1) is 0 Å². The molecule has 1 amide bonds. The Labute approximate surface area is 109 Å².